The van der Waals surface area contributed by atoms with Gasteiger partial charge in [0.05, 0.1) is 5.54 Å². The van der Waals surface area contributed by atoms with E-state index < -0.39 is 5.54 Å². The van der Waals surface area contributed by atoms with Crippen molar-refractivity contribution in [3.05, 3.63) is 28.7 Å². The molecule has 2 rings (SSSR count). The summed E-state index contributed by atoms with van der Waals surface area (Å²) in [6.07, 6.45) is 6.08. The van der Waals surface area contributed by atoms with Gasteiger partial charge in [0.15, 0.2) is 0 Å². The number of aromatic nitrogens is 1. The second-order valence-electron chi connectivity index (χ2n) is 5.01. The maximum atomic E-state index is 12.2. The molecule has 1 saturated carbocycles. The van der Waals surface area contributed by atoms with E-state index in [0.29, 0.717) is 18.5 Å². The molecule has 3 N–H and O–H groups in total. The van der Waals surface area contributed by atoms with Gasteiger partial charge in [0.25, 0.3) is 5.56 Å². The number of nitrogens with zero attached hydrogens (tertiary/aromatic N) is 1. The fraction of sp³-hybridized carbons (Fsp3) is 0.538. The first-order valence-corrected chi connectivity index (χ1v) is 6.29. The number of halogens is 1. The third-order valence-corrected chi connectivity index (χ3v) is 3.57. The number of carbonyl (C=O) groups is 1. The van der Waals surface area contributed by atoms with E-state index in [9.17, 15) is 9.59 Å². The first-order valence-electron chi connectivity index (χ1n) is 6.29. The van der Waals surface area contributed by atoms with Crippen LogP contribution in [0.1, 0.15) is 32.1 Å². The molecule has 0 spiro atoms. The van der Waals surface area contributed by atoms with Crippen molar-refractivity contribution in [2.45, 2.75) is 37.6 Å². The van der Waals surface area contributed by atoms with E-state index in [1.165, 1.54) is 4.57 Å². The first-order chi connectivity index (χ1) is 8.53. The average molecular weight is 286 g/mol. The van der Waals surface area contributed by atoms with Gasteiger partial charge < -0.3 is 15.6 Å². The molecule has 1 heterocycles. The summed E-state index contributed by atoms with van der Waals surface area (Å²) in [6, 6.07) is 3.33. The van der Waals surface area contributed by atoms with Gasteiger partial charge in [-0.2, -0.15) is 0 Å². The lowest BCUT2D eigenvalue weighted by atomic mass is 9.82. The quantitative estimate of drug-likeness (QED) is 0.862. The third kappa shape index (κ3) is 3.36. The highest BCUT2D eigenvalue weighted by Crippen LogP contribution is 2.26. The molecule has 1 aromatic heterocycles. The number of hydrogen-bond donors (Lipinski definition) is 2. The Labute approximate surface area is 118 Å². The highest BCUT2D eigenvalue weighted by atomic mass is 35.5. The SMILES string of the molecule is Cl.Cn1cccc(NC(=O)C2(N)CCCCC2)c1=O. The molecule has 0 radical (unpaired) electrons. The van der Waals surface area contributed by atoms with Crippen molar-refractivity contribution in [3.8, 4) is 0 Å². The highest BCUT2D eigenvalue weighted by Gasteiger charge is 2.35. The van der Waals surface area contributed by atoms with Crippen LogP contribution in [0.5, 0.6) is 0 Å². The molecule has 0 aliphatic heterocycles. The number of pyridine rings is 1. The van der Waals surface area contributed by atoms with Crippen molar-refractivity contribution in [1.29, 1.82) is 0 Å². The standard InChI is InChI=1S/C13H19N3O2.ClH/c1-16-9-5-6-10(11(16)17)15-12(18)13(14)7-3-2-4-8-13;/h5-6,9H,2-4,7-8,14H2,1H3,(H,15,18);1H. The topological polar surface area (TPSA) is 77.1 Å². The molecule has 5 nitrogen and oxygen atoms in total. The zero-order valence-corrected chi connectivity index (χ0v) is 11.8. The molecule has 0 saturated heterocycles. The van der Waals surface area contributed by atoms with Crippen molar-refractivity contribution in [2.24, 2.45) is 12.8 Å². The number of hydrogen-bond acceptors (Lipinski definition) is 3. The lowest BCUT2D eigenvalue weighted by Gasteiger charge is -2.31. The van der Waals surface area contributed by atoms with Crippen LogP contribution in [-0.4, -0.2) is 16.0 Å². The molecular weight excluding hydrogens is 266 g/mol. The smallest absolute Gasteiger partial charge is 0.274 e. The van der Waals surface area contributed by atoms with Crippen molar-refractivity contribution in [1.82, 2.24) is 4.57 Å². The number of aryl methyl sites for hydroxylation is 1. The number of nitrogens with one attached hydrogen (secondary N) is 1. The fourth-order valence-electron chi connectivity index (χ4n) is 2.35. The van der Waals surface area contributed by atoms with Gasteiger partial charge in [-0.3, -0.25) is 9.59 Å². The molecule has 106 valence electrons. The van der Waals surface area contributed by atoms with Crippen LogP contribution in [0.3, 0.4) is 0 Å². The van der Waals surface area contributed by atoms with Gasteiger partial charge in [0.1, 0.15) is 5.69 Å². The summed E-state index contributed by atoms with van der Waals surface area (Å²) in [7, 11) is 1.65. The normalized spacial score (nSPS) is 17.4. The maximum Gasteiger partial charge on any atom is 0.274 e. The van der Waals surface area contributed by atoms with Crippen molar-refractivity contribution < 1.29 is 4.79 Å². The molecule has 1 aromatic rings. The lowest BCUT2D eigenvalue weighted by molar-refractivity contribution is -0.122. The van der Waals surface area contributed by atoms with Gasteiger partial charge in [-0.1, -0.05) is 19.3 Å². The predicted octanol–water partition coefficient (Wildman–Crippen LogP) is 1.41. The van der Waals surface area contributed by atoms with Crippen molar-refractivity contribution >= 4 is 24.0 Å². The minimum absolute atomic E-state index is 0. The van der Waals surface area contributed by atoms with Gasteiger partial charge in [0, 0.05) is 13.2 Å². The Balaban J connectivity index is 0.00000180. The maximum absolute atomic E-state index is 12.2. The molecule has 1 aliphatic carbocycles. The lowest BCUT2D eigenvalue weighted by Crippen LogP contribution is -2.52. The predicted molar refractivity (Wildman–Crippen MR) is 77.6 cm³/mol. The molecule has 1 amide bonds. The molecule has 6 heteroatoms. The summed E-state index contributed by atoms with van der Waals surface area (Å²) in [5.41, 5.74) is 5.37. The Bertz CT molecular complexity index is 507. The number of rotatable bonds is 2. The van der Waals surface area contributed by atoms with E-state index in [1.54, 1.807) is 25.4 Å². The van der Waals surface area contributed by atoms with Crippen LogP contribution in [0.2, 0.25) is 0 Å². The zero-order valence-electron chi connectivity index (χ0n) is 11.0. The summed E-state index contributed by atoms with van der Waals surface area (Å²) < 4.78 is 1.43. The second kappa shape index (κ2) is 6.21. The highest BCUT2D eigenvalue weighted by molar-refractivity contribution is 5.97. The van der Waals surface area contributed by atoms with Gasteiger partial charge in [-0.15, -0.1) is 12.4 Å². The number of nitrogens with two attached hydrogens (primary N) is 1. The molecule has 0 bridgehead atoms. The Hall–Kier alpha value is -1.33. The minimum Gasteiger partial charge on any atom is -0.320 e. The molecule has 0 aromatic carbocycles. The Morgan fingerprint density at radius 1 is 1.37 bits per heavy atom. The van der Waals surface area contributed by atoms with Gasteiger partial charge >= 0.3 is 0 Å². The summed E-state index contributed by atoms with van der Waals surface area (Å²) in [5.74, 6) is -0.245. The van der Waals surface area contributed by atoms with Crippen molar-refractivity contribution in [3.63, 3.8) is 0 Å². The van der Waals surface area contributed by atoms with E-state index in [0.717, 1.165) is 19.3 Å². The molecule has 19 heavy (non-hydrogen) atoms. The number of amides is 1. The molecular formula is C13H20ClN3O2. The summed E-state index contributed by atoms with van der Waals surface area (Å²) in [6.45, 7) is 0. The summed E-state index contributed by atoms with van der Waals surface area (Å²) in [4.78, 5) is 24.0. The van der Waals surface area contributed by atoms with Gasteiger partial charge in [0.2, 0.25) is 5.91 Å². The first kappa shape index (κ1) is 15.7. The molecule has 0 unspecified atom stereocenters. The van der Waals surface area contributed by atoms with E-state index in [1.807, 2.05) is 0 Å². The average Bonchev–Trinajstić information content (AvgIpc) is 2.36. The summed E-state index contributed by atoms with van der Waals surface area (Å²) >= 11 is 0. The number of carbonyl (C=O) groups excluding carboxylic acids is 1. The Morgan fingerprint density at radius 2 is 2.00 bits per heavy atom. The van der Waals surface area contributed by atoms with Gasteiger partial charge in [-0.05, 0) is 25.0 Å². The Kier molecular flexibility index (Phi) is 5.14. The van der Waals surface area contributed by atoms with Crippen LogP contribution in [-0.2, 0) is 11.8 Å². The number of anilines is 1. The van der Waals surface area contributed by atoms with E-state index in [2.05, 4.69) is 5.32 Å². The second-order valence-corrected chi connectivity index (χ2v) is 5.01. The van der Waals surface area contributed by atoms with Crippen LogP contribution in [0.4, 0.5) is 5.69 Å². The Morgan fingerprint density at radius 3 is 2.63 bits per heavy atom. The zero-order chi connectivity index (χ0) is 13.2. The van der Waals surface area contributed by atoms with Crippen LogP contribution >= 0.6 is 12.4 Å². The van der Waals surface area contributed by atoms with Crippen LogP contribution in [0, 0.1) is 0 Å². The monoisotopic (exact) mass is 285 g/mol. The van der Waals surface area contributed by atoms with E-state index >= 15 is 0 Å². The third-order valence-electron chi connectivity index (χ3n) is 3.57. The van der Waals surface area contributed by atoms with Crippen molar-refractivity contribution in [2.75, 3.05) is 5.32 Å². The fourth-order valence-corrected chi connectivity index (χ4v) is 2.35. The van der Waals surface area contributed by atoms with E-state index in [-0.39, 0.29) is 23.9 Å². The summed E-state index contributed by atoms with van der Waals surface area (Å²) in [5, 5.41) is 2.66. The van der Waals surface area contributed by atoms with Crippen LogP contribution in [0.15, 0.2) is 23.1 Å². The molecule has 0 atom stereocenters. The van der Waals surface area contributed by atoms with Gasteiger partial charge in [-0.25, -0.2) is 0 Å². The molecule has 1 aliphatic rings. The van der Waals surface area contributed by atoms with Crippen LogP contribution in [0.25, 0.3) is 0 Å². The molecule has 1 fully saturated rings. The largest absolute Gasteiger partial charge is 0.320 e. The van der Waals surface area contributed by atoms with Crippen LogP contribution < -0.4 is 16.6 Å². The minimum atomic E-state index is -0.820. The van der Waals surface area contributed by atoms with E-state index in [4.69, 9.17) is 5.73 Å².